The molecule has 3 rings (SSSR count). The van der Waals surface area contributed by atoms with E-state index in [1.165, 1.54) is 47.3 Å². The van der Waals surface area contributed by atoms with Crippen LogP contribution in [0.15, 0.2) is 53.4 Å². The molecule has 1 N–H and O–H groups in total. The average molecular weight is 495 g/mol. The van der Waals surface area contributed by atoms with Crippen LogP contribution in [0.2, 0.25) is 0 Å². The standard InChI is InChI=1S/C20H22N4O5S3/c1-15(25)21-17-4-8-19(9-5-17)32(28,29)23-12-10-22(11-13-23)20(30)31-14-16-2-6-18(7-3-16)24(26)27/h2-9H,10-14H2,1H3,(H,21,25). The molecule has 9 nitrogen and oxygen atoms in total. The van der Waals surface area contributed by atoms with Gasteiger partial charge in [0.05, 0.1) is 9.82 Å². The number of nitro groups is 1. The highest BCUT2D eigenvalue weighted by Crippen LogP contribution is 2.23. The lowest BCUT2D eigenvalue weighted by molar-refractivity contribution is -0.384. The largest absolute Gasteiger partial charge is 0.355 e. The van der Waals surface area contributed by atoms with E-state index < -0.39 is 14.9 Å². The molecule has 1 saturated heterocycles. The number of sulfonamides is 1. The Morgan fingerprint density at radius 3 is 2.22 bits per heavy atom. The van der Waals surface area contributed by atoms with E-state index in [-0.39, 0.29) is 16.5 Å². The number of anilines is 1. The lowest BCUT2D eigenvalue weighted by Gasteiger charge is -2.35. The predicted molar refractivity (Wildman–Crippen MR) is 128 cm³/mol. The minimum Gasteiger partial charge on any atom is -0.355 e. The molecule has 170 valence electrons. The van der Waals surface area contributed by atoms with Crippen LogP contribution in [0.1, 0.15) is 12.5 Å². The van der Waals surface area contributed by atoms with E-state index in [4.69, 9.17) is 12.2 Å². The van der Waals surface area contributed by atoms with Crippen molar-refractivity contribution in [1.29, 1.82) is 0 Å². The van der Waals surface area contributed by atoms with Gasteiger partial charge in [-0.2, -0.15) is 4.31 Å². The molecule has 12 heteroatoms. The van der Waals surface area contributed by atoms with E-state index in [0.717, 1.165) is 5.56 Å². The number of carbonyl (C=O) groups excluding carboxylic acids is 1. The van der Waals surface area contributed by atoms with E-state index in [1.54, 1.807) is 24.3 Å². The number of amides is 1. The predicted octanol–water partition coefficient (Wildman–Crippen LogP) is 3.08. The zero-order chi connectivity index (χ0) is 23.3. The van der Waals surface area contributed by atoms with Gasteiger partial charge in [0.25, 0.3) is 5.69 Å². The number of nitro benzene ring substituents is 1. The van der Waals surface area contributed by atoms with E-state index in [2.05, 4.69) is 5.32 Å². The number of rotatable bonds is 6. The molecule has 2 aromatic carbocycles. The van der Waals surface area contributed by atoms with Crippen LogP contribution in [0, 0.1) is 10.1 Å². The Balaban J connectivity index is 1.52. The highest BCUT2D eigenvalue weighted by atomic mass is 32.2. The Hall–Kier alpha value is -2.54. The first-order chi connectivity index (χ1) is 15.2. The highest BCUT2D eigenvalue weighted by Gasteiger charge is 2.29. The van der Waals surface area contributed by atoms with Crippen LogP contribution in [0.5, 0.6) is 0 Å². The molecule has 1 amide bonds. The summed E-state index contributed by atoms with van der Waals surface area (Å²) in [5.41, 5.74) is 1.51. The van der Waals surface area contributed by atoms with Crippen molar-refractivity contribution in [3.8, 4) is 0 Å². The van der Waals surface area contributed by atoms with Gasteiger partial charge in [-0.1, -0.05) is 36.1 Å². The van der Waals surface area contributed by atoms with Crippen LogP contribution in [0.3, 0.4) is 0 Å². The maximum absolute atomic E-state index is 12.9. The first-order valence-electron chi connectivity index (χ1n) is 9.69. The van der Waals surface area contributed by atoms with Crippen molar-refractivity contribution in [3.63, 3.8) is 0 Å². The zero-order valence-corrected chi connectivity index (χ0v) is 19.7. The molecular weight excluding hydrogens is 472 g/mol. The first kappa shape index (κ1) is 24.1. The summed E-state index contributed by atoms with van der Waals surface area (Å²) in [7, 11) is -3.63. The molecule has 0 radical (unpaired) electrons. The summed E-state index contributed by atoms with van der Waals surface area (Å²) >= 11 is 6.94. The summed E-state index contributed by atoms with van der Waals surface area (Å²) in [5.74, 6) is 0.356. The van der Waals surface area contributed by atoms with Crippen molar-refractivity contribution < 1.29 is 18.1 Å². The summed E-state index contributed by atoms with van der Waals surface area (Å²) < 4.78 is 27.9. The lowest BCUT2D eigenvalue weighted by atomic mass is 10.2. The molecule has 1 aliphatic rings. The molecule has 0 unspecified atom stereocenters. The number of benzene rings is 2. The van der Waals surface area contributed by atoms with Gasteiger partial charge in [0, 0.05) is 56.7 Å². The van der Waals surface area contributed by atoms with Crippen molar-refractivity contribution >= 4 is 55.6 Å². The summed E-state index contributed by atoms with van der Waals surface area (Å²) in [5, 5.41) is 13.3. The van der Waals surface area contributed by atoms with Gasteiger partial charge in [0.2, 0.25) is 15.9 Å². The van der Waals surface area contributed by atoms with Gasteiger partial charge in [-0.05, 0) is 29.8 Å². The lowest BCUT2D eigenvalue weighted by Crippen LogP contribution is -2.49. The molecule has 32 heavy (non-hydrogen) atoms. The Morgan fingerprint density at radius 1 is 1.09 bits per heavy atom. The molecule has 0 aromatic heterocycles. The fraction of sp³-hybridized carbons (Fsp3) is 0.300. The number of hydrogen-bond acceptors (Lipinski definition) is 7. The number of nitrogens with one attached hydrogen (secondary N) is 1. The second-order valence-corrected chi connectivity index (χ2v) is 10.6. The molecule has 0 bridgehead atoms. The van der Waals surface area contributed by atoms with Crippen LogP contribution in [-0.4, -0.2) is 59.0 Å². The van der Waals surface area contributed by atoms with Crippen molar-refractivity contribution in [3.05, 3.63) is 64.2 Å². The Morgan fingerprint density at radius 2 is 1.69 bits per heavy atom. The van der Waals surface area contributed by atoms with Crippen LogP contribution in [0.25, 0.3) is 0 Å². The zero-order valence-electron chi connectivity index (χ0n) is 17.3. The quantitative estimate of drug-likeness (QED) is 0.370. The minimum atomic E-state index is -3.63. The molecule has 1 aliphatic heterocycles. The number of piperazine rings is 1. The van der Waals surface area contributed by atoms with Crippen LogP contribution >= 0.6 is 24.0 Å². The van der Waals surface area contributed by atoms with Crippen LogP contribution in [0.4, 0.5) is 11.4 Å². The smallest absolute Gasteiger partial charge is 0.269 e. The SMILES string of the molecule is CC(=O)Nc1ccc(S(=O)(=O)N2CCN(C(=S)SCc3ccc([N+](=O)[O-])cc3)CC2)cc1. The van der Waals surface area contributed by atoms with E-state index in [0.29, 0.717) is 41.9 Å². The first-order valence-corrected chi connectivity index (χ1v) is 12.5. The number of hydrogen-bond donors (Lipinski definition) is 1. The van der Waals surface area contributed by atoms with E-state index in [1.807, 2.05) is 4.90 Å². The fourth-order valence-electron chi connectivity index (χ4n) is 3.12. The molecule has 0 saturated carbocycles. The van der Waals surface area contributed by atoms with Gasteiger partial charge >= 0.3 is 0 Å². The number of non-ortho nitro benzene ring substituents is 1. The summed E-state index contributed by atoms with van der Waals surface area (Å²) in [6, 6.07) is 12.4. The molecule has 2 aromatic rings. The van der Waals surface area contributed by atoms with Gasteiger partial charge < -0.3 is 10.2 Å². The average Bonchev–Trinajstić information content (AvgIpc) is 2.78. The van der Waals surface area contributed by atoms with Crippen LogP contribution in [-0.2, 0) is 20.6 Å². The van der Waals surface area contributed by atoms with Crippen molar-refractivity contribution in [2.75, 3.05) is 31.5 Å². The van der Waals surface area contributed by atoms with Crippen molar-refractivity contribution in [1.82, 2.24) is 9.21 Å². The van der Waals surface area contributed by atoms with Crippen molar-refractivity contribution in [2.24, 2.45) is 0 Å². The maximum atomic E-state index is 12.9. The third kappa shape index (κ3) is 6.03. The van der Waals surface area contributed by atoms with Gasteiger partial charge in [0.15, 0.2) is 0 Å². The third-order valence-electron chi connectivity index (χ3n) is 4.82. The Labute approximate surface area is 196 Å². The Bertz CT molecular complexity index is 1100. The van der Waals surface area contributed by atoms with Gasteiger partial charge in [0.1, 0.15) is 4.32 Å². The van der Waals surface area contributed by atoms with Crippen LogP contribution < -0.4 is 5.32 Å². The Kier molecular flexibility index (Phi) is 7.82. The molecule has 1 heterocycles. The topological polar surface area (TPSA) is 113 Å². The van der Waals surface area contributed by atoms with Crippen molar-refractivity contribution in [2.45, 2.75) is 17.6 Å². The molecule has 0 spiro atoms. The summed E-state index contributed by atoms with van der Waals surface area (Å²) in [6.45, 7) is 2.98. The summed E-state index contributed by atoms with van der Waals surface area (Å²) in [6.07, 6.45) is 0. The second kappa shape index (κ2) is 10.4. The maximum Gasteiger partial charge on any atom is 0.269 e. The second-order valence-electron chi connectivity index (χ2n) is 7.07. The van der Waals surface area contributed by atoms with Gasteiger partial charge in [-0.25, -0.2) is 8.42 Å². The monoisotopic (exact) mass is 494 g/mol. The number of thiocarbonyl (C=S) groups is 1. The number of thioether (sulfide) groups is 1. The summed E-state index contributed by atoms with van der Waals surface area (Å²) in [4.78, 5) is 23.6. The molecule has 1 fully saturated rings. The minimum absolute atomic E-state index is 0.0448. The number of carbonyl (C=O) groups is 1. The van der Waals surface area contributed by atoms with E-state index in [9.17, 15) is 23.3 Å². The molecule has 0 atom stereocenters. The van der Waals surface area contributed by atoms with Gasteiger partial charge in [-0.3, -0.25) is 14.9 Å². The molecular formula is C20H22N4O5S3. The van der Waals surface area contributed by atoms with Gasteiger partial charge in [-0.15, -0.1) is 0 Å². The van der Waals surface area contributed by atoms with E-state index >= 15 is 0 Å². The fourth-order valence-corrected chi connectivity index (χ4v) is 5.75. The molecule has 0 aliphatic carbocycles. The number of nitrogens with zero attached hydrogens (tertiary/aromatic N) is 3. The normalized spacial score (nSPS) is 14.7. The third-order valence-corrected chi connectivity index (χ3v) is 8.33. The highest BCUT2D eigenvalue weighted by molar-refractivity contribution is 8.22.